The number of carbonyl (C=O) groups is 1. The second-order valence-corrected chi connectivity index (χ2v) is 8.32. The Morgan fingerprint density at radius 1 is 1.50 bits per heavy atom. The van der Waals surface area contributed by atoms with Gasteiger partial charge in [0.15, 0.2) is 11.9 Å². The monoisotopic (exact) mass is 414 g/mol. The van der Waals surface area contributed by atoms with Gasteiger partial charge in [-0.05, 0) is 18.1 Å². The zero-order valence-electron chi connectivity index (χ0n) is 17.2. The molecule has 1 fully saturated rings. The summed E-state index contributed by atoms with van der Waals surface area (Å²) in [6, 6.07) is 4.11. The minimum Gasteiger partial charge on any atom is -0.455 e. The summed E-state index contributed by atoms with van der Waals surface area (Å²) in [5.41, 5.74) is 10.3. The fraction of sp³-hybridized carbons (Fsp3) is 0.529. The van der Waals surface area contributed by atoms with Crippen molar-refractivity contribution >= 4 is 33.0 Å². The molecule has 5 atom stereocenters. The molecule has 0 spiro atoms. The molecule has 0 saturated carbocycles. The summed E-state index contributed by atoms with van der Waals surface area (Å²) in [4.78, 5) is 16.4. The molecule has 1 unspecified atom stereocenters. The average molecular weight is 414 g/mol. The second-order valence-electron chi connectivity index (χ2n) is 8.32. The van der Waals surface area contributed by atoms with E-state index in [0.29, 0.717) is 5.52 Å². The first kappa shape index (κ1) is 22.0. The van der Waals surface area contributed by atoms with Crippen molar-refractivity contribution in [2.45, 2.75) is 49.2 Å². The highest BCUT2D eigenvalue weighted by Gasteiger charge is 2.62. The van der Waals surface area contributed by atoms with E-state index in [1.54, 1.807) is 19.9 Å². The molecule has 0 radical (unpaired) electrons. The first-order valence-electron chi connectivity index (χ1n) is 9.48. The lowest BCUT2D eigenvalue weighted by Crippen LogP contribution is -2.53. The summed E-state index contributed by atoms with van der Waals surface area (Å²) in [6.07, 6.45) is -3.02. The molecule has 13 heteroatoms. The molecule has 1 saturated heterocycles. The number of fused-ring (bicyclic) bond motifs is 1. The smallest absolute Gasteiger partial charge is 0.323 e. The van der Waals surface area contributed by atoms with Crippen LogP contribution in [-0.2, 0) is 19.9 Å². The maximum Gasteiger partial charge on any atom is 0.323 e. The molecule has 3 rings (SSSR count). The number of carbonyl (C=O) groups excluding carboxylic acids is 1. The molecule has 6 N–H and O–H groups in total. The number of nitrogen functional groups attached to an aromatic ring is 1. The number of rotatable bonds is 5. The Morgan fingerprint density at radius 2 is 2.17 bits per heavy atom. The Hall–Kier alpha value is -2.65. The number of aliphatic hydroxyl groups is 2. The second kappa shape index (κ2) is 7.55. The quantitative estimate of drug-likeness (QED) is 0.284. The molecule has 1 aliphatic rings. The molecular weight excluding hydrogens is 390 g/mol. The highest BCUT2D eigenvalue weighted by atomic mass is 16.6. The number of anilines is 1. The maximum absolute atomic E-state index is 12.5. The van der Waals surface area contributed by atoms with Crippen LogP contribution in [0.5, 0.6) is 0 Å². The van der Waals surface area contributed by atoms with Gasteiger partial charge in [-0.3, -0.25) is 4.79 Å². The van der Waals surface area contributed by atoms with Crippen LogP contribution in [0.1, 0.15) is 19.5 Å². The van der Waals surface area contributed by atoms with Crippen LogP contribution in [0.3, 0.4) is 0 Å². The number of nitrogens with two attached hydrogens (primary N) is 2. The van der Waals surface area contributed by atoms with Gasteiger partial charge in [0.2, 0.25) is 5.60 Å². The number of aliphatic hydroxyl groups excluding tert-OH is 1. The predicted octanol–water partition coefficient (Wildman–Crippen LogP) is -3.40. The van der Waals surface area contributed by atoms with Crippen molar-refractivity contribution in [2.24, 2.45) is 11.7 Å². The standard InChI is InChI=1S/C17H24B2N6O5/c1-7(2)10(21)15(27)29-11-12(26)16(5-20,30-13(11)17(18,19)28)9-4-3-8-14(22)23-6-24-25(8)9/h3-4,6-7,10-13,26,28H,18-19,21H2,1-2H3,(H2,22,23,24)/t10-,11-,12+,13?,16-/m0/s1. The van der Waals surface area contributed by atoms with Crippen molar-refractivity contribution in [3.63, 3.8) is 0 Å². The SMILES string of the molecule is BC(B)(O)C1O[C@@](C#N)(c2ccc3c(N)ncnn23)[C@H](O)[C@@H]1OC(=O)[C@@H](N)C(C)C. The van der Waals surface area contributed by atoms with E-state index in [0.717, 1.165) is 0 Å². The Balaban J connectivity index is 2.09. The average Bonchev–Trinajstić information content (AvgIpc) is 3.22. The zero-order chi connectivity index (χ0) is 22.4. The van der Waals surface area contributed by atoms with Gasteiger partial charge < -0.3 is 31.2 Å². The molecule has 3 heterocycles. The van der Waals surface area contributed by atoms with Gasteiger partial charge in [0.05, 0.1) is 5.69 Å². The fourth-order valence-electron chi connectivity index (χ4n) is 3.49. The lowest BCUT2D eigenvalue weighted by atomic mass is 9.61. The topological polar surface area (TPSA) is 182 Å². The van der Waals surface area contributed by atoms with Crippen LogP contribution in [0.2, 0.25) is 0 Å². The first-order valence-corrected chi connectivity index (χ1v) is 9.48. The zero-order valence-corrected chi connectivity index (χ0v) is 17.2. The van der Waals surface area contributed by atoms with Crippen molar-refractivity contribution in [3.05, 3.63) is 24.2 Å². The lowest BCUT2D eigenvalue weighted by molar-refractivity contribution is -0.161. The summed E-state index contributed by atoms with van der Waals surface area (Å²) in [7, 11) is 2.86. The molecule has 158 valence electrons. The van der Waals surface area contributed by atoms with Crippen LogP contribution in [0.4, 0.5) is 5.82 Å². The molecule has 30 heavy (non-hydrogen) atoms. The summed E-state index contributed by atoms with van der Waals surface area (Å²) >= 11 is 0. The molecule has 0 bridgehead atoms. The van der Waals surface area contributed by atoms with Gasteiger partial charge in [-0.1, -0.05) is 13.8 Å². The van der Waals surface area contributed by atoms with Gasteiger partial charge >= 0.3 is 5.97 Å². The van der Waals surface area contributed by atoms with Crippen molar-refractivity contribution in [3.8, 4) is 6.07 Å². The first-order chi connectivity index (χ1) is 13.9. The number of nitrogens with zero attached hydrogens (tertiary/aromatic N) is 4. The number of esters is 1. The van der Waals surface area contributed by atoms with Crippen LogP contribution in [0.25, 0.3) is 5.52 Å². The van der Waals surface area contributed by atoms with Gasteiger partial charge in [0.1, 0.15) is 51.9 Å². The number of ether oxygens (including phenoxy) is 2. The Kier molecular flexibility index (Phi) is 5.55. The van der Waals surface area contributed by atoms with Crippen molar-refractivity contribution in [2.75, 3.05) is 5.73 Å². The van der Waals surface area contributed by atoms with E-state index in [2.05, 4.69) is 10.1 Å². The summed E-state index contributed by atoms with van der Waals surface area (Å²) in [5, 5.41) is 34.3. The van der Waals surface area contributed by atoms with Gasteiger partial charge in [0, 0.05) is 5.40 Å². The third-order valence-electron chi connectivity index (χ3n) is 5.31. The van der Waals surface area contributed by atoms with Crippen LogP contribution in [0.15, 0.2) is 18.5 Å². The molecule has 2 aromatic rings. The van der Waals surface area contributed by atoms with Crippen molar-refractivity contribution in [1.29, 1.82) is 5.26 Å². The third kappa shape index (κ3) is 3.41. The van der Waals surface area contributed by atoms with E-state index in [1.165, 1.54) is 32.6 Å². The van der Waals surface area contributed by atoms with E-state index in [-0.39, 0.29) is 17.4 Å². The number of aromatic nitrogens is 3. The predicted molar refractivity (Wildman–Crippen MR) is 110 cm³/mol. The van der Waals surface area contributed by atoms with E-state index in [1.807, 2.05) is 6.07 Å². The minimum absolute atomic E-state index is 0.155. The largest absolute Gasteiger partial charge is 0.455 e. The Morgan fingerprint density at radius 3 is 2.73 bits per heavy atom. The summed E-state index contributed by atoms with van der Waals surface area (Å²) < 4.78 is 12.7. The molecule has 11 nitrogen and oxygen atoms in total. The van der Waals surface area contributed by atoms with E-state index < -0.39 is 41.3 Å². The summed E-state index contributed by atoms with van der Waals surface area (Å²) in [5.74, 6) is -0.818. The number of nitriles is 1. The molecule has 0 aromatic carbocycles. The fourth-order valence-corrected chi connectivity index (χ4v) is 3.49. The van der Waals surface area contributed by atoms with Crippen LogP contribution in [0, 0.1) is 17.2 Å². The molecular formula is C17H24B2N6O5. The van der Waals surface area contributed by atoms with E-state index in [4.69, 9.17) is 20.9 Å². The molecule has 0 amide bonds. The van der Waals surface area contributed by atoms with Gasteiger partial charge in [-0.15, -0.1) is 0 Å². The van der Waals surface area contributed by atoms with Crippen LogP contribution >= 0.6 is 0 Å². The number of hydrogen-bond acceptors (Lipinski definition) is 10. The number of hydrogen-bond donors (Lipinski definition) is 4. The lowest BCUT2D eigenvalue weighted by Gasteiger charge is -2.31. The minimum atomic E-state index is -2.00. The third-order valence-corrected chi connectivity index (χ3v) is 5.31. The molecule has 0 aliphatic carbocycles. The van der Waals surface area contributed by atoms with Crippen LogP contribution < -0.4 is 11.5 Å². The Bertz CT molecular complexity index is 1000. The van der Waals surface area contributed by atoms with E-state index >= 15 is 0 Å². The summed E-state index contributed by atoms with van der Waals surface area (Å²) in [6.45, 7) is 3.49. The van der Waals surface area contributed by atoms with Crippen molar-refractivity contribution in [1.82, 2.24) is 14.6 Å². The Labute approximate surface area is 174 Å². The highest BCUT2D eigenvalue weighted by molar-refractivity contribution is 6.39. The van der Waals surface area contributed by atoms with Gasteiger partial charge in [0.25, 0.3) is 0 Å². The van der Waals surface area contributed by atoms with Crippen molar-refractivity contribution < 1.29 is 24.5 Å². The normalized spacial score (nSPS) is 27.8. The molecule has 1 aliphatic heterocycles. The van der Waals surface area contributed by atoms with Gasteiger partial charge in [-0.2, -0.15) is 10.4 Å². The van der Waals surface area contributed by atoms with E-state index in [9.17, 15) is 20.3 Å². The van der Waals surface area contributed by atoms with Crippen LogP contribution in [-0.4, -0.2) is 76.2 Å². The maximum atomic E-state index is 12.5. The highest BCUT2D eigenvalue weighted by Crippen LogP contribution is 2.43. The van der Waals surface area contributed by atoms with Gasteiger partial charge in [-0.25, -0.2) is 9.50 Å². The molecule has 2 aromatic heterocycles.